The Kier molecular flexibility index (Phi) is 1.51. The van der Waals surface area contributed by atoms with E-state index in [0.29, 0.717) is 5.70 Å². The fourth-order valence-electron chi connectivity index (χ4n) is 0.589. The molecule has 0 aliphatic carbocycles. The van der Waals surface area contributed by atoms with Crippen LogP contribution in [0.2, 0.25) is 0 Å². The summed E-state index contributed by atoms with van der Waals surface area (Å²) < 4.78 is 23.6. The quantitative estimate of drug-likeness (QED) is 0.509. The summed E-state index contributed by atoms with van der Waals surface area (Å²) in [5.74, 6) is 0. The van der Waals surface area contributed by atoms with Crippen molar-refractivity contribution in [3.05, 3.63) is 23.5 Å². The van der Waals surface area contributed by atoms with Crippen molar-refractivity contribution in [3.8, 4) is 0 Å². The van der Waals surface area contributed by atoms with Crippen LogP contribution >= 0.6 is 0 Å². The zero-order valence-corrected chi connectivity index (χ0v) is 4.86. The second-order valence-corrected chi connectivity index (χ2v) is 1.73. The summed E-state index contributed by atoms with van der Waals surface area (Å²) >= 11 is 0. The Morgan fingerprint density at radius 1 is 1.67 bits per heavy atom. The highest BCUT2D eigenvalue weighted by atomic mass is 19.3. The first-order chi connectivity index (χ1) is 4.22. The van der Waals surface area contributed by atoms with Crippen molar-refractivity contribution in [3.63, 3.8) is 0 Å². The normalized spacial score (nSPS) is 17.3. The van der Waals surface area contributed by atoms with E-state index in [9.17, 15) is 8.78 Å². The molecule has 0 spiro atoms. The molecular weight excluding hydrogens is 124 g/mol. The smallest absolute Gasteiger partial charge is 0.251 e. The third kappa shape index (κ3) is 1.09. The molecule has 0 saturated heterocycles. The van der Waals surface area contributed by atoms with E-state index in [1.165, 1.54) is 13.0 Å². The zero-order valence-electron chi connectivity index (χ0n) is 4.86. The highest BCUT2D eigenvalue weighted by Gasteiger charge is 2.15. The van der Waals surface area contributed by atoms with E-state index in [2.05, 4.69) is 11.5 Å². The molecule has 0 saturated carbocycles. The second-order valence-electron chi connectivity index (χ2n) is 1.73. The lowest BCUT2D eigenvalue weighted by atomic mass is 10.2. The lowest BCUT2D eigenvalue weighted by molar-refractivity contribution is 0.193. The standard InChI is InChI=1S/C6H5F2N/c1-4-5(6(7)8)2-3-9-4/h2,6H,1H3. The van der Waals surface area contributed by atoms with E-state index in [4.69, 9.17) is 0 Å². The number of rotatable bonds is 1. The Bertz CT molecular complexity index is 170. The molecule has 0 atom stereocenters. The molecule has 1 aliphatic rings. The Labute approximate surface area is 52.1 Å². The Morgan fingerprint density at radius 3 is 2.56 bits per heavy atom. The van der Waals surface area contributed by atoms with Crippen LogP contribution in [-0.2, 0) is 0 Å². The maximum absolute atomic E-state index is 11.8. The van der Waals surface area contributed by atoms with Gasteiger partial charge in [0.15, 0.2) is 0 Å². The van der Waals surface area contributed by atoms with Gasteiger partial charge in [-0.3, -0.25) is 5.32 Å². The van der Waals surface area contributed by atoms with E-state index in [1.54, 1.807) is 0 Å². The molecule has 0 amide bonds. The first-order valence-corrected chi connectivity index (χ1v) is 2.50. The van der Waals surface area contributed by atoms with Gasteiger partial charge in [-0.25, -0.2) is 8.78 Å². The third-order valence-corrected chi connectivity index (χ3v) is 1.11. The van der Waals surface area contributed by atoms with Crippen LogP contribution in [0.3, 0.4) is 0 Å². The van der Waals surface area contributed by atoms with Gasteiger partial charge < -0.3 is 0 Å². The Hall–Kier alpha value is -0.860. The van der Waals surface area contributed by atoms with Crippen LogP contribution in [0.15, 0.2) is 17.3 Å². The van der Waals surface area contributed by atoms with Gasteiger partial charge in [0.25, 0.3) is 6.43 Å². The first kappa shape index (κ1) is 6.26. The topological polar surface area (TPSA) is 14.1 Å². The van der Waals surface area contributed by atoms with Crippen molar-refractivity contribution in [2.75, 3.05) is 0 Å². The summed E-state index contributed by atoms with van der Waals surface area (Å²) in [4.78, 5) is 0. The lowest BCUT2D eigenvalue weighted by Crippen LogP contribution is -1.96. The molecule has 1 rings (SSSR count). The molecule has 1 nitrogen and oxygen atoms in total. The van der Waals surface area contributed by atoms with Gasteiger partial charge in [0.2, 0.25) is 0 Å². The van der Waals surface area contributed by atoms with Gasteiger partial charge in [-0.05, 0) is 13.0 Å². The van der Waals surface area contributed by atoms with Gasteiger partial charge >= 0.3 is 0 Å². The van der Waals surface area contributed by atoms with Gasteiger partial charge in [-0.1, -0.05) is 0 Å². The van der Waals surface area contributed by atoms with Gasteiger partial charge in [0.1, 0.15) is 0 Å². The number of hydrogen-bond acceptors (Lipinski definition) is 0. The van der Waals surface area contributed by atoms with E-state index in [-0.39, 0.29) is 5.57 Å². The van der Waals surface area contributed by atoms with E-state index < -0.39 is 6.43 Å². The molecule has 0 unspecified atom stereocenters. The summed E-state index contributed by atoms with van der Waals surface area (Å²) in [6.45, 7) is 1.54. The Balaban J connectivity index is 2.77. The van der Waals surface area contributed by atoms with E-state index in [1.807, 2.05) is 0 Å². The molecule has 0 fully saturated rings. The average Bonchev–Trinajstić information content (AvgIpc) is 2.13. The molecule has 48 valence electrons. The van der Waals surface area contributed by atoms with E-state index >= 15 is 0 Å². The number of allylic oxidation sites excluding steroid dienone is 3. The molecule has 0 aromatic rings. The summed E-state index contributed by atoms with van der Waals surface area (Å²) in [7, 11) is 0. The number of nitrogens with zero attached hydrogens (tertiary/aromatic N) is 1. The van der Waals surface area contributed by atoms with Gasteiger partial charge in [0, 0.05) is 11.3 Å². The van der Waals surface area contributed by atoms with Crippen LogP contribution < -0.4 is 5.32 Å². The highest BCUT2D eigenvalue weighted by Crippen LogP contribution is 2.17. The van der Waals surface area contributed by atoms with Crippen LogP contribution in [0.5, 0.6) is 0 Å². The van der Waals surface area contributed by atoms with Crippen molar-refractivity contribution < 1.29 is 8.78 Å². The second kappa shape index (κ2) is 2.17. The Morgan fingerprint density at radius 2 is 2.33 bits per heavy atom. The molecule has 1 heterocycles. The first-order valence-electron chi connectivity index (χ1n) is 2.50. The van der Waals surface area contributed by atoms with Gasteiger partial charge in [-0.15, -0.1) is 0 Å². The van der Waals surface area contributed by atoms with Crippen LogP contribution in [0.1, 0.15) is 6.92 Å². The predicted molar refractivity (Wildman–Crippen MR) is 28.7 cm³/mol. The van der Waals surface area contributed by atoms with Crippen LogP contribution in [-0.4, -0.2) is 6.43 Å². The van der Waals surface area contributed by atoms with Crippen molar-refractivity contribution in [1.29, 1.82) is 0 Å². The monoisotopic (exact) mass is 129 g/mol. The maximum atomic E-state index is 11.8. The van der Waals surface area contributed by atoms with Gasteiger partial charge in [0.05, 0.1) is 6.20 Å². The van der Waals surface area contributed by atoms with Crippen molar-refractivity contribution in [2.45, 2.75) is 13.3 Å². The zero-order chi connectivity index (χ0) is 6.85. The fourth-order valence-corrected chi connectivity index (χ4v) is 0.589. The largest absolute Gasteiger partial charge is 0.265 e. The molecule has 3 heteroatoms. The minimum absolute atomic E-state index is 0.0185. The molecule has 0 aromatic heterocycles. The highest BCUT2D eigenvalue weighted by molar-refractivity contribution is 5.29. The number of halogens is 2. The van der Waals surface area contributed by atoms with Crippen LogP contribution in [0, 0.1) is 6.20 Å². The maximum Gasteiger partial charge on any atom is 0.265 e. The SMILES string of the molecule is CC1=C(C(F)F)C=[C][N]1. The lowest BCUT2D eigenvalue weighted by Gasteiger charge is -1.96. The molecule has 2 radical (unpaired) electrons. The molecular formula is C6H5F2N. The van der Waals surface area contributed by atoms with Crippen LogP contribution in [0.4, 0.5) is 8.78 Å². The summed E-state index contributed by atoms with van der Waals surface area (Å²) in [5, 5.41) is 3.53. The fraction of sp³-hybridized carbons (Fsp3) is 0.333. The molecule has 1 aliphatic heterocycles. The van der Waals surface area contributed by atoms with Crippen molar-refractivity contribution in [1.82, 2.24) is 5.32 Å². The van der Waals surface area contributed by atoms with Crippen molar-refractivity contribution in [2.24, 2.45) is 0 Å². The van der Waals surface area contributed by atoms with Crippen LogP contribution in [0.25, 0.3) is 0 Å². The number of alkyl halides is 2. The predicted octanol–water partition coefficient (Wildman–Crippen LogP) is 1.46. The molecule has 9 heavy (non-hydrogen) atoms. The number of hydrogen-bond donors (Lipinski definition) is 0. The molecule has 0 N–H and O–H groups in total. The minimum Gasteiger partial charge on any atom is -0.251 e. The summed E-state index contributed by atoms with van der Waals surface area (Å²) in [6.07, 6.45) is 1.14. The third-order valence-electron chi connectivity index (χ3n) is 1.11. The summed E-state index contributed by atoms with van der Waals surface area (Å²) in [6, 6.07) is 0. The van der Waals surface area contributed by atoms with Gasteiger partial charge in [-0.2, -0.15) is 0 Å². The molecule has 0 bridgehead atoms. The van der Waals surface area contributed by atoms with E-state index in [0.717, 1.165) is 0 Å². The molecule has 0 aromatic carbocycles. The minimum atomic E-state index is -2.41. The average molecular weight is 129 g/mol. The summed E-state index contributed by atoms with van der Waals surface area (Å²) in [5.41, 5.74) is 0.347. The van der Waals surface area contributed by atoms with Crippen molar-refractivity contribution >= 4 is 0 Å².